The van der Waals surface area contributed by atoms with Gasteiger partial charge in [-0.3, -0.25) is 4.79 Å². The number of alkyl halides is 3. The van der Waals surface area contributed by atoms with Gasteiger partial charge >= 0.3 is 6.18 Å². The standard InChI is InChI=1S/C6H8F3NO/c7-6(8,9)4-2-1-3(4)5(10)11/h3-4H,1-2H2,(H2,10,11)/t3-,4-/m1/s1. The second-order valence-electron chi connectivity index (χ2n) is 2.73. The number of carbonyl (C=O) groups is 1. The molecule has 0 heterocycles. The molecule has 1 fully saturated rings. The summed E-state index contributed by atoms with van der Waals surface area (Å²) in [6, 6.07) is 0. The van der Waals surface area contributed by atoms with Gasteiger partial charge in [-0.05, 0) is 12.8 Å². The van der Waals surface area contributed by atoms with Crippen LogP contribution in [0.15, 0.2) is 0 Å². The predicted octanol–water partition coefficient (Wildman–Crippen LogP) is 1.06. The lowest BCUT2D eigenvalue weighted by Crippen LogP contribution is -2.45. The Hall–Kier alpha value is -0.740. The molecule has 0 spiro atoms. The van der Waals surface area contributed by atoms with Crippen LogP contribution >= 0.6 is 0 Å². The Balaban J connectivity index is 2.57. The predicted molar refractivity (Wildman–Crippen MR) is 31.5 cm³/mol. The Morgan fingerprint density at radius 2 is 1.91 bits per heavy atom. The van der Waals surface area contributed by atoms with Crippen molar-refractivity contribution in [1.29, 1.82) is 0 Å². The van der Waals surface area contributed by atoms with Crippen LogP contribution in [0.3, 0.4) is 0 Å². The lowest BCUT2D eigenvalue weighted by atomic mass is 9.73. The van der Waals surface area contributed by atoms with Gasteiger partial charge in [-0.2, -0.15) is 13.2 Å². The average Bonchev–Trinajstić information content (AvgIpc) is 1.51. The zero-order valence-electron chi connectivity index (χ0n) is 5.69. The summed E-state index contributed by atoms with van der Waals surface area (Å²) < 4.78 is 35.7. The highest BCUT2D eigenvalue weighted by atomic mass is 19.4. The van der Waals surface area contributed by atoms with E-state index in [1.54, 1.807) is 0 Å². The number of hydrogen-bond donors (Lipinski definition) is 1. The molecule has 1 rings (SSSR count). The monoisotopic (exact) mass is 167 g/mol. The lowest BCUT2D eigenvalue weighted by Gasteiger charge is -2.35. The van der Waals surface area contributed by atoms with Gasteiger partial charge in [-0.1, -0.05) is 0 Å². The number of carbonyl (C=O) groups excluding carboxylic acids is 1. The van der Waals surface area contributed by atoms with Gasteiger partial charge < -0.3 is 5.73 Å². The molecule has 0 saturated heterocycles. The molecule has 2 N–H and O–H groups in total. The van der Waals surface area contributed by atoms with Crippen molar-refractivity contribution in [1.82, 2.24) is 0 Å². The van der Waals surface area contributed by atoms with Crippen molar-refractivity contribution in [2.45, 2.75) is 19.0 Å². The minimum absolute atomic E-state index is 0.0388. The molecule has 0 bridgehead atoms. The molecule has 0 radical (unpaired) electrons. The molecule has 0 aromatic heterocycles. The van der Waals surface area contributed by atoms with Crippen molar-refractivity contribution < 1.29 is 18.0 Å². The Labute approximate surface area is 61.6 Å². The maximum Gasteiger partial charge on any atom is 0.392 e. The highest BCUT2D eigenvalue weighted by molar-refractivity contribution is 5.77. The number of rotatable bonds is 1. The Morgan fingerprint density at radius 1 is 1.36 bits per heavy atom. The van der Waals surface area contributed by atoms with Gasteiger partial charge in [0.1, 0.15) is 0 Å². The maximum atomic E-state index is 11.9. The Morgan fingerprint density at radius 3 is 2.00 bits per heavy atom. The Bertz CT molecular complexity index is 177. The van der Waals surface area contributed by atoms with Gasteiger partial charge in [0.05, 0.1) is 5.92 Å². The molecule has 1 saturated carbocycles. The maximum absolute atomic E-state index is 11.9. The van der Waals surface area contributed by atoms with Crippen LogP contribution in [0.5, 0.6) is 0 Å². The molecule has 1 aliphatic rings. The van der Waals surface area contributed by atoms with E-state index in [1.165, 1.54) is 0 Å². The Kier molecular flexibility index (Phi) is 1.82. The van der Waals surface area contributed by atoms with Crippen LogP contribution in [0.2, 0.25) is 0 Å². The lowest BCUT2D eigenvalue weighted by molar-refractivity contribution is -0.212. The molecule has 2 atom stereocenters. The average molecular weight is 167 g/mol. The summed E-state index contributed by atoms with van der Waals surface area (Å²) in [6.07, 6.45) is -3.94. The summed E-state index contributed by atoms with van der Waals surface area (Å²) in [5, 5.41) is 0. The van der Waals surface area contributed by atoms with Crippen LogP contribution in [0.25, 0.3) is 0 Å². The van der Waals surface area contributed by atoms with E-state index in [1.807, 2.05) is 0 Å². The second kappa shape index (κ2) is 2.39. The van der Waals surface area contributed by atoms with Crippen LogP contribution < -0.4 is 5.73 Å². The fraction of sp³-hybridized carbons (Fsp3) is 0.833. The molecular weight excluding hydrogens is 159 g/mol. The summed E-state index contributed by atoms with van der Waals surface area (Å²) in [5.41, 5.74) is 4.75. The molecule has 0 unspecified atom stereocenters. The fourth-order valence-electron chi connectivity index (χ4n) is 1.23. The van der Waals surface area contributed by atoms with Crippen molar-refractivity contribution in [2.75, 3.05) is 0 Å². The molecule has 2 nitrogen and oxygen atoms in total. The number of halogens is 3. The fourth-order valence-corrected chi connectivity index (χ4v) is 1.23. The largest absolute Gasteiger partial charge is 0.392 e. The highest BCUT2D eigenvalue weighted by Crippen LogP contribution is 2.45. The SMILES string of the molecule is NC(=O)[C@@H]1CC[C@H]1C(F)(F)F. The van der Waals surface area contributed by atoms with E-state index in [4.69, 9.17) is 5.73 Å². The van der Waals surface area contributed by atoms with Gasteiger partial charge in [0.2, 0.25) is 5.91 Å². The van der Waals surface area contributed by atoms with E-state index < -0.39 is 23.9 Å². The van der Waals surface area contributed by atoms with Crippen LogP contribution in [0.4, 0.5) is 13.2 Å². The molecule has 1 amide bonds. The first kappa shape index (κ1) is 8.36. The molecule has 1 aliphatic carbocycles. The van der Waals surface area contributed by atoms with E-state index in [0.717, 1.165) is 0 Å². The van der Waals surface area contributed by atoms with Crippen LogP contribution in [0.1, 0.15) is 12.8 Å². The van der Waals surface area contributed by atoms with Crippen molar-refractivity contribution in [3.8, 4) is 0 Å². The highest BCUT2D eigenvalue weighted by Gasteiger charge is 2.51. The second-order valence-corrected chi connectivity index (χ2v) is 2.73. The number of primary amides is 1. The molecular formula is C6H8F3NO. The zero-order chi connectivity index (χ0) is 8.65. The van der Waals surface area contributed by atoms with E-state index in [2.05, 4.69) is 0 Å². The minimum Gasteiger partial charge on any atom is -0.369 e. The minimum atomic E-state index is -4.25. The third-order valence-electron chi connectivity index (χ3n) is 2.06. The van der Waals surface area contributed by atoms with E-state index in [0.29, 0.717) is 0 Å². The topological polar surface area (TPSA) is 43.1 Å². The summed E-state index contributed by atoms with van der Waals surface area (Å²) in [4.78, 5) is 10.4. The molecule has 0 aromatic rings. The van der Waals surface area contributed by atoms with Crippen LogP contribution in [0, 0.1) is 11.8 Å². The van der Waals surface area contributed by atoms with Crippen molar-refractivity contribution in [3.63, 3.8) is 0 Å². The third kappa shape index (κ3) is 1.46. The number of amides is 1. The van der Waals surface area contributed by atoms with Crippen LogP contribution in [-0.2, 0) is 4.79 Å². The van der Waals surface area contributed by atoms with Gasteiger partial charge in [0, 0.05) is 5.92 Å². The molecule has 5 heteroatoms. The molecule has 64 valence electrons. The first-order valence-corrected chi connectivity index (χ1v) is 3.29. The summed E-state index contributed by atoms with van der Waals surface area (Å²) >= 11 is 0. The summed E-state index contributed by atoms with van der Waals surface area (Å²) in [6.45, 7) is 0. The van der Waals surface area contributed by atoms with Gasteiger partial charge in [0.15, 0.2) is 0 Å². The van der Waals surface area contributed by atoms with E-state index in [-0.39, 0.29) is 12.8 Å². The van der Waals surface area contributed by atoms with Crippen molar-refractivity contribution >= 4 is 5.91 Å². The number of hydrogen-bond acceptors (Lipinski definition) is 1. The quantitative estimate of drug-likeness (QED) is 0.623. The summed E-state index contributed by atoms with van der Waals surface area (Å²) in [5.74, 6) is -3.30. The van der Waals surface area contributed by atoms with Gasteiger partial charge in [-0.25, -0.2) is 0 Å². The first-order valence-electron chi connectivity index (χ1n) is 3.29. The van der Waals surface area contributed by atoms with E-state index in [9.17, 15) is 18.0 Å². The number of nitrogens with two attached hydrogens (primary N) is 1. The van der Waals surface area contributed by atoms with E-state index >= 15 is 0 Å². The molecule has 0 aliphatic heterocycles. The smallest absolute Gasteiger partial charge is 0.369 e. The molecule has 0 aromatic carbocycles. The normalized spacial score (nSPS) is 31.2. The zero-order valence-corrected chi connectivity index (χ0v) is 5.69. The summed E-state index contributed by atoms with van der Waals surface area (Å²) in [7, 11) is 0. The first-order chi connectivity index (χ1) is 4.93. The van der Waals surface area contributed by atoms with Gasteiger partial charge in [-0.15, -0.1) is 0 Å². The van der Waals surface area contributed by atoms with Crippen molar-refractivity contribution in [2.24, 2.45) is 17.6 Å². The van der Waals surface area contributed by atoms with Crippen molar-refractivity contribution in [3.05, 3.63) is 0 Å². The molecule has 11 heavy (non-hydrogen) atoms. The van der Waals surface area contributed by atoms with Crippen LogP contribution in [-0.4, -0.2) is 12.1 Å². The van der Waals surface area contributed by atoms with Gasteiger partial charge in [0.25, 0.3) is 0 Å². The third-order valence-corrected chi connectivity index (χ3v) is 2.06.